The van der Waals surface area contributed by atoms with Gasteiger partial charge < -0.3 is 5.32 Å². The Labute approximate surface area is 125 Å². The Balaban J connectivity index is 1.78. The summed E-state index contributed by atoms with van der Waals surface area (Å²) in [6.07, 6.45) is 2.67. The van der Waals surface area contributed by atoms with Gasteiger partial charge in [0.05, 0.1) is 5.75 Å². The molecule has 0 bridgehead atoms. The van der Waals surface area contributed by atoms with Crippen LogP contribution in [0.25, 0.3) is 0 Å². The van der Waals surface area contributed by atoms with Crippen LogP contribution >= 0.6 is 0 Å². The lowest BCUT2D eigenvalue weighted by molar-refractivity contribution is -0.117. The largest absolute Gasteiger partial charge is 0.326 e. The highest BCUT2D eigenvalue weighted by atomic mass is 32.2. The quantitative estimate of drug-likeness (QED) is 0.921. The van der Waals surface area contributed by atoms with Crippen LogP contribution in [0.5, 0.6) is 0 Å². The van der Waals surface area contributed by atoms with Crippen molar-refractivity contribution in [1.82, 2.24) is 4.31 Å². The van der Waals surface area contributed by atoms with Crippen LogP contribution in [0.15, 0.2) is 18.2 Å². The smallest absolute Gasteiger partial charge is 0.227 e. The number of hydrogen-bond donors (Lipinski definition) is 1. The third-order valence-electron chi connectivity index (χ3n) is 4.16. The highest BCUT2D eigenvalue weighted by molar-refractivity contribution is 7.89. The van der Waals surface area contributed by atoms with E-state index in [9.17, 15) is 13.2 Å². The number of sulfonamides is 1. The lowest BCUT2D eigenvalue weighted by Crippen LogP contribution is -2.36. The molecule has 0 aromatic heterocycles. The van der Waals surface area contributed by atoms with E-state index >= 15 is 0 Å². The van der Waals surface area contributed by atoms with Gasteiger partial charge in [-0.15, -0.1) is 0 Å². The number of hydrogen-bond acceptors (Lipinski definition) is 3. The van der Waals surface area contributed by atoms with Crippen molar-refractivity contribution in [2.24, 2.45) is 5.92 Å². The summed E-state index contributed by atoms with van der Waals surface area (Å²) in [6.45, 7) is 2.60. The number of carbonyl (C=O) groups is 1. The fourth-order valence-electron chi connectivity index (χ4n) is 2.62. The third-order valence-corrected chi connectivity index (χ3v) is 5.99. The van der Waals surface area contributed by atoms with Crippen molar-refractivity contribution in [2.45, 2.75) is 32.7 Å². The molecule has 1 aromatic rings. The first-order valence-electron chi connectivity index (χ1n) is 7.40. The second kappa shape index (κ2) is 5.42. The van der Waals surface area contributed by atoms with Gasteiger partial charge in [0.2, 0.25) is 15.9 Å². The summed E-state index contributed by atoms with van der Waals surface area (Å²) in [5.74, 6) is 0.363. The monoisotopic (exact) mass is 308 g/mol. The van der Waals surface area contributed by atoms with Crippen LogP contribution in [0.2, 0.25) is 0 Å². The molecule has 0 radical (unpaired) electrons. The summed E-state index contributed by atoms with van der Waals surface area (Å²) in [5.41, 5.74) is 2.93. The summed E-state index contributed by atoms with van der Waals surface area (Å²) >= 11 is 0. The van der Waals surface area contributed by atoms with E-state index < -0.39 is 10.0 Å². The van der Waals surface area contributed by atoms with E-state index in [0.717, 1.165) is 30.5 Å². The maximum absolute atomic E-state index is 12.0. The van der Waals surface area contributed by atoms with Crippen LogP contribution in [-0.4, -0.2) is 30.9 Å². The molecule has 21 heavy (non-hydrogen) atoms. The van der Waals surface area contributed by atoms with Crippen molar-refractivity contribution in [2.75, 3.05) is 17.6 Å². The lowest BCUT2D eigenvalue weighted by atomic mass is 10.0. The number of benzene rings is 1. The van der Waals surface area contributed by atoms with Crippen LogP contribution in [0.1, 0.15) is 30.9 Å². The van der Waals surface area contributed by atoms with Crippen molar-refractivity contribution in [3.63, 3.8) is 0 Å². The molecule has 6 heteroatoms. The van der Waals surface area contributed by atoms with Gasteiger partial charge in [0.1, 0.15) is 0 Å². The van der Waals surface area contributed by atoms with Crippen LogP contribution in [0.3, 0.4) is 0 Å². The summed E-state index contributed by atoms with van der Waals surface area (Å²) in [7, 11) is -3.16. The van der Waals surface area contributed by atoms with Gasteiger partial charge in [-0.25, -0.2) is 8.42 Å². The molecule has 1 saturated carbocycles. The Kier molecular flexibility index (Phi) is 3.75. The summed E-state index contributed by atoms with van der Waals surface area (Å²) in [5, 5.41) is 2.91. The number of amides is 1. The Hall–Kier alpha value is -1.40. The second-order valence-corrected chi connectivity index (χ2v) is 7.99. The van der Waals surface area contributed by atoms with E-state index in [2.05, 4.69) is 5.32 Å². The van der Waals surface area contributed by atoms with Gasteiger partial charge in [-0.2, -0.15) is 4.31 Å². The fourth-order valence-corrected chi connectivity index (χ4v) is 3.69. The molecule has 1 N–H and O–H groups in total. The maximum atomic E-state index is 12.0. The highest BCUT2D eigenvalue weighted by Gasteiger charge is 2.30. The van der Waals surface area contributed by atoms with Gasteiger partial charge >= 0.3 is 0 Å². The number of rotatable bonds is 4. The van der Waals surface area contributed by atoms with Crippen molar-refractivity contribution in [3.8, 4) is 0 Å². The molecule has 114 valence electrons. The van der Waals surface area contributed by atoms with E-state index in [4.69, 9.17) is 0 Å². The predicted octanol–water partition coefficient (Wildman–Crippen LogP) is 1.74. The fraction of sp³-hybridized carbons (Fsp3) is 0.533. The molecule has 1 aliphatic carbocycles. The number of nitrogens with one attached hydrogen (secondary N) is 1. The zero-order chi connectivity index (χ0) is 15.0. The second-order valence-electron chi connectivity index (χ2n) is 5.73. The van der Waals surface area contributed by atoms with Crippen molar-refractivity contribution in [3.05, 3.63) is 29.3 Å². The van der Waals surface area contributed by atoms with E-state index in [-0.39, 0.29) is 17.6 Å². The normalized spacial score (nSPS) is 19.1. The Morgan fingerprint density at radius 1 is 1.33 bits per heavy atom. The zero-order valence-electron chi connectivity index (χ0n) is 12.1. The molecule has 5 nitrogen and oxygen atoms in total. The van der Waals surface area contributed by atoms with Gasteiger partial charge in [0.15, 0.2) is 0 Å². The molecular formula is C15H20N2O3S. The number of anilines is 1. The Morgan fingerprint density at radius 2 is 2.10 bits per heavy atom. The van der Waals surface area contributed by atoms with Crippen LogP contribution in [-0.2, 0) is 27.8 Å². The first-order chi connectivity index (χ1) is 9.99. The lowest BCUT2D eigenvalue weighted by Gasteiger charge is -2.28. The average Bonchev–Trinajstić information content (AvgIpc) is 3.31. The molecule has 2 aliphatic rings. The van der Waals surface area contributed by atoms with Gasteiger partial charge in [-0.1, -0.05) is 6.07 Å². The number of fused-ring (bicyclic) bond motifs is 1. The molecule has 1 heterocycles. The number of nitrogens with zero attached hydrogens (tertiary/aromatic N) is 1. The Morgan fingerprint density at radius 3 is 2.76 bits per heavy atom. The SMILES string of the molecule is CCS(=O)(=O)N1CCc2ccc(NC(=O)C3CC3)cc2C1. The van der Waals surface area contributed by atoms with Crippen LogP contribution in [0, 0.1) is 5.92 Å². The molecule has 1 aromatic carbocycles. The van der Waals surface area contributed by atoms with Crippen LogP contribution in [0.4, 0.5) is 5.69 Å². The van der Waals surface area contributed by atoms with E-state index in [1.807, 2.05) is 18.2 Å². The molecule has 0 saturated heterocycles. The third kappa shape index (κ3) is 3.11. The minimum Gasteiger partial charge on any atom is -0.326 e. The van der Waals surface area contributed by atoms with Crippen molar-refractivity contribution >= 4 is 21.6 Å². The van der Waals surface area contributed by atoms with Gasteiger partial charge in [0.25, 0.3) is 0 Å². The summed E-state index contributed by atoms with van der Waals surface area (Å²) < 4.78 is 25.5. The van der Waals surface area contributed by atoms with Gasteiger partial charge in [0, 0.05) is 24.7 Å². The minimum atomic E-state index is -3.16. The first-order valence-corrected chi connectivity index (χ1v) is 9.01. The topological polar surface area (TPSA) is 66.5 Å². The molecular weight excluding hydrogens is 288 g/mol. The van der Waals surface area contributed by atoms with Gasteiger partial charge in [-0.3, -0.25) is 4.79 Å². The molecule has 1 aliphatic heterocycles. The van der Waals surface area contributed by atoms with Gasteiger partial charge in [-0.05, 0) is 49.4 Å². The molecule has 1 fully saturated rings. The standard InChI is InChI=1S/C15H20N2O3S/c1-2-21(19,20)17-8-7-11-5-6-14(9-13(11)10-17)16-15(18)12-3-4-12/h5-6,9,12H,2-4,7-8,10H2,1H3,(H,16,18). The summed E-state index contributed by atoms with van der Waals surface area (Å²) in [4.78, 5) is 11.8. The van der Waals surface area contributed by atoms with E-state index in [1.54, 1.807) is 6.92 Å². The number of carbonyl (C=O) groups excluding carboxylic acids is 1. The molecule has 1 amide bonds. The van der Waals surface area contributed by atoms with Crippen molar-refractivity contribution in [1.29, 1.82) is 0 Å². The molecule has 0 unspecified atom stereocenters. The average molecular weight is 308 g/mol. The summed E-state index contributed by atoms with van der Waals surface area (Å²) in [6, 6.07) is 5.81. The highest BCUT2D eigenvalue weighted by Crippen LogP contribution is 2.31. The van der Waals surface area contributed by atoms with E-state index in [0.29, 0.717) is 13.1 Å². The zero-order valence-corrected chi connectivity index (χ0v) is 12.9. The Bertz CT molecular complexity index is 665. The van der Waals surface area contributed by atoms with Crippen LogP contribution < -0.4 is 5.32 Å². The maximum Gasteiger partial charge on any atom is 0.227 e. The molecule has 0 spiro atoms. The molecule has 3 rings (SSSR count). The predicted molar refractivity (Wildman–Crippen MR) is 81.4 cm³/mol. The first kappa shape index (κ1) is 14.5. The van der Waals surface area contributed by atoms with Crippen molar-refractivity contribution < 1.29 is 13.2 Å². The van der Waals surface area contributed by atoms with E-state index in [1.165, 1.54) is 9.87 Å². The molecule has 0 atom stereocenters. The minimum absolute atomic E-state index is 0.0730.